The van der Waals surface area contributed by atoms with E-state index in [-0.39, 0.29) is 30.1 Å². The van der Waals surface area contributed by atoms with Crippen molar-refractivity contribution in [3.63, 3.8) is 0 Å². The van der Waals surface area contributed by atoms with Gasteiger partial charge in [-0.2, -0.15) is 0 Å². The van der Waals surface area contributed by atoms with Crippen LogP contribution in [-0.4, -0.2) is 17.1 Å². The van der Waals surface area contributed by atoms with Crippen molar-refractivity contribution in [3.05, 3.63) is 59.9 Å². The molecule has 2 amide bonds. The first-order valence-electron chi connectivity index (χ1n) is 9.71. The number of para-hydroxylation sites is 1. The van der Waals surface area contributed by atoms with E-state index in [0.29, 0.717) is 5.92 Å². The summed E-state index contributed by atoms with van der Waals surface area (Å²) < 4.78 is 13.3. The van der Waals surface area contributed by atoms with Crippen molar-refractivity contribution >= 4 is 29.3 Å². The normalized spacial score (nSPS) is 20.3. The number of halogens is 1. The zero-order chi connectivity index (χ0) is 19.5. The lowest BCUT2D eigenvalue weighted by Gasteiger charge is -2.27. The van der Waals surface area contributed by atoms with Gasteiger partial charge in [0.05, 0.1) is 17.0 Å². The lowest BCUT2D eigenvalue weighted by Crippen LogP contribution is -2.38. The third-order valence-electron chi connectivity index (χ3n) is 5.49. The minimum Gasteiger partial charge on any atom is -0.349 e. The molecule has 0 saturated heterocycles. The third kappa shape index (κ3) is 4.22. The number of rotatable bonds is 5. The van der Waals surface area contributed by atoms with E-state index in [9.17, 15) is 14.0 Å². The second-order valence-electron chi connectivity index (χ2n) is 7.44. The van der Waals surface area contributed by atoms with Gasteiger partial charge in [0.25, 0.3) is 0 Å². The summed E-state index contributed by atoms with van der Waals surface area (Å²) in [5, 5.41) is 5.56. The Morgan fingerprint density at radius 2 is 1.86 bits per heavy atom. The smallest absolute Gasteiger partial charge is 0.238 e. The Labute approximate surface area is 168 Å². The van der Waals surface area contributed by atoms with Crippen LogP contribution in [0.5, 0.6) is 0 Å². The highest BCUT2D eigenvalue weighted by atomic mass is 32.2. The number of fused-ring (bicyclic) bond motifs is 1. The number of carbonyl (C=O) groups excluding carboxylic acids is 2. The Balaban J connectivity index is 1.46. The van der Waals surface area contributed by atoms with Gasteiger partial charge in [-0.15, -0.1) is 11.8 Å². The van der Waals surface area contributed by atoms with Gasteiger partial charge >= 0.3 is 0 Å². The van der Waals surface area contributed by atoms with Crippen molar-refractivity contribution in [1.82, 2.24) is 5.32 Å². The average Bonchev–Trinajstić information content (AvgIpc) is 3.22. The molecule has 28 heavy (non-hydrogen) atoms. The number of amides is 2. The Kier molecular flexibility index (Phi) is 5.67. The molecule has 4 rings (SSSR count). The summed E-state index contributed by atoms with van der Waals surface area (Å²) in [6, 6.07) is 13.8. The molecule has 2 unspecified atom stereocenters. The van der Waals surface area contributed by atoms with E-state index in [2.05, 4.69) is 10.6 Å². The van der Waals surface area contributed by atoms with Crippen LogP contribution in [-0.2, 0) is 9.59 Å². The van der Waals surface area contributed by atoms with Crippen LogP contribution < -0.4 is 10.6 Å². The highest BCUT2D eigenvalue weighted by Crippen LogP contribution is 2.38. The molecule has 6 heteroatoms. The summed E-state index contributed by atoms with van der Waals surface area (Å²) in [7, 11) is 0. The topological polar surface area (TPSA) is 58.2 Å². The SMILES string of the molecule is O=C(CC1Sc2ccccc2NC1=O)NC(c1ccc(F)cc1)C1CCCC1. The Morgan fingerprint density at radius 3 is 2.61 bits per heavy atom. The molecule has 0 radical (unpaired) electrons. The Hall–Kier alpha value is -2.34. The minimum absolute atomic E-state index is 0.120. The molecule has 1 fully saturated rings. The average molecular weight is 399 g/mol. The van der Waals surface area contributed by atoms with Gasteiger partial charge in [-0.1, -0.05) is 37.1 Å². The van der Waals surface area contributed by atoms with Gasteiger partial charge in [0, 0.05) is 11.3 Å². The van der Waals surface area contributed by atoms with Crippen molar-refractivity contribution in [2.24, 2.45) is 5.92 Å². The molecular weight excluding hydrogens is 375 g/mol. The molecule has 1 heterocycles. The minimum atomic E-state index is -0.452. The first-order valence-corrected chi connectivity index (χ1v) is 10.6. The van der Waals surface area contributed by atoms with Crippen LogP contribution in [0, 0.1) is 11.7 Å². The predicted molar refractivity (Wildman–Crippen MR) is 109 cm³/mol. The number of hydrogen-bond acceptors (Lipinski definition) is 3. The van der Waals surface area contributed by atoms with Gasteiger partial charge in [-0.3, -0.25) is 9.59 Å². The molecule has 2 aromatic rings. The van der Waals surface area contributed by atoms with Gasteiger partial charge in [-0.25, -0.2) is 4.39 Å². The third-order valence-corrected chi connectivity index (χ3v) is 6.77. The molecule has 4 nitrogen and oxygen atoms in total. The number of nitrogens with one attached hydrogen (secondary N) is 2. The summed E-state index contributed by atoms with van der Waals surface area (Å²) in [6.45, 7) is 0. The molecule has 2 N–H and O–H groups in total. The first-order chi connectivity index (χ1) is 13.6. The van der Waals surface area contributed by atoms with E-state index < -0.39 is 5.25 Å². The maximum absolute atomic E-state index is 13.3. The van der Waals surface area contributed by atoms with E-state index in [1.807, 2.05) is 24.3 Å². The van der Waals surface area contributed by atoms with Gasteiger partial charge in [0.15, 0.2) is 0 Å². The van der Waals surface area contributed by atoms with Crippen LogP contribution in [0.15, 0.2) is 53.4 Å². The molecule has 146 valence electrons. The van der Waals surface area contributed by atoms with Crippen LogP contribution in [0.2, 0.25) is 0 Å². The van der Waals surface area contributed by atoms with E-state index in [1.165, 1.54) is 23.9 Å². The molecular formula is C22H23FN2O2S. The molecule has 2 aliphatic rings. The Morgan fingerprint density at radius 1 is 1.14 bits per heavy atom. The monoisotopic (exact) mass is 398 g/mol. The molecule has 0 aromatic heterocycles. The summed E-state index contributed by atoms with van der Waals surface area (Å²) >= 11 is 1.43. The van der Waals surface area contributed by atoms with Crippen molar-refractivity contribution in [3.8, 4) is 0 Å². The van der Waals surface area contributed by atoms with Crippen LogP contribution in [0.3, 0.4) is 0 Å². The molecule has 1 aliphatic carbocycles. The standard InChI is InChI=1S/C22H23FN2O2S/c23-16-11-9-15(10-12-16)21(14-5-1-2-6-14)25-20(26)13-19-22(27)24-17-7-3-4-8-18(17)28-19/h3-4,7-12,14,19,21H,1-2,5-6,13H2,(H,24,27)(H,25,26). The quantitative estimate of drug-likeness (QED) is 0.769. The maximum atomic E-state index is 13.3. The number of thioether (sulfide) groups is 1. The fraction of sp³-hybridized carbons (Fsp3) is 0.364. The highest BCUT2D eigenvalue weighted by Gasteiger charge is 2.32. The fourth-order valence-corrected chi connectivity index (χ4v) is 5.17. The van der Waals surface area contributed by atoms with Crippen molar-refractivity contribution in [1.29, 1.82) is 0 Å². The summed E-state index contributed by atoms with van der Waals surface area (Å²) in [5.41, 5.74) is 1.72. The second kappa shape index (κ2) is 8.35. The summed E-state index contributed by atoms with van der Waals surface area (Å²) in [6.07, 6.45) is 4.52. The van der Waals surface area contributed by atoms with Crippen LogP contribution >= 0.6 is 11.8 Å². The maximum Gasteiger partial charge on any atom is 0.238 e. The number of anilines is 1. The van der Waals surface area contributed by atoms with Crippen LogP contribution in [0.25, 0.3) is 0 Å². The predicted octanol–water partition coefficient (Wildman–Crippen LogP) is 4.68. The van der Waals surface area contributed by atoms with E-state index in [4.69, 9.17) is 0 Å². The Bertz CT molecular complexity index is 865. The number of hydrogen-bond donors (Lipinski definition) is 2. The van der Waals surface area contributed by atoms with Gasteiger partial charge in [0.1, 0.15) is 5.82 Å². The van der Waals surface area contributed by atoms with Gasteiger partial charge in [-0.05, 0) is 48.6 Å². The number of carbonyl (C=O) groups is 2. The molecule has 1 aliphatic heterocycles. The lowest BCUT2D eigenvalue weighted by atomic mass is 9.91. The van der Waals surface area contributed by atoms with E-state index >= 15 is 0 Å². The summed E-state index contributed by atoms with van der Waals surface area (Å²) in [4.78, 5) is 26.2. The largest absolute Gasteiger partial charge is 0.349 e. The molecule has 2 atom stereocenters. The number of benzene rings is 2. The van der Waals surface area contributed by atoms with Crippen LogP contribution in [0.1, 0.15) is 43.7 Å². The zero-order valence-corrected chi connectivity index (χ0v) is 16.3. The molecule has 0 spiro atoms. The fourth-order valence-electron chi connectivity index (χ4n) is 4.06. The van der Waals surface area contributed by atoms with Crippen molar-refractivity contribution < 1.29 is 14.0 Å². The molecule has 2 aromatic carbocycles. The van der Waals surface area contributed by atoms with Gasteiger partial charge < -0.3 is 10.6 Å². The highest BCUT2D eigenvalue weighted by molar-refractivity contribution is 8.01. The van der Waals surface area contributed by atoms with E-state index in [0.717, 1.165) is 41.8 Å². The van der Waals surface area contributed by atoms with E-state index in [1.54, 1.807) is 12.1 Å². The second-order valence-corrected chi connectivity index (χ2v) is 8.68. The van der Waals surface area contributed by atoms with Crippen molar-refractivity contribution in [2.75, 3.05) is 5.32 Å². The molecule has 0 bridgehead atoms. The van der Waals surface area contributed by atoms with Gasteiger partial charge in [0.2, 0.25) is 11.8 Å². The lowest BCUT2D eigenvalue weighted by molar-refractivity contribution is -0.124. The summed E-state index contributed by atoms with van der Waals surface area (Å²) in [5.74, 6) is -0.219. The van der Waals surface area contributed by atoms with Crippen LogP contribution in [0.4, 0.5) is 10.1 Å². The zero-order valence-electron chi connectivity index (χ0n) is 15.5. The first kappa shape index (κ1) is 19.0. The molecule has 1 saturated carbocycles. The van der Waals surface area contributed by atoms with Crippen molar-refractivity contribution in [2.45, 2.75) is 48.3 Å².